The molecule has 0 amide bonds. The standard InChI is InChI=1S/C56H42F16N8O8/c57-37-33(38(58)46(66)53(45(37)65)73-9-17(85)13-81)29-21-1-2-22(77-21)30(34-39(59)47(67)54(48(68)40(34)60)74-10-18(86)14-82)24-5-6-26(79-24)32(36-43(63)51(71)56(52(72)44(36)64)76-12-20(88)16-84)28-8-7-27(80-28)31(25-4-3-23(29)78-25)35-41(61)49(69)55(50(70)42(35)62)75-11-19(87)15-83/h1-8,17-20,73-77,80-88H,9-16H2/t17-,18-,19-,20-/m0/s1. The molecule has 0 fully saturated rings. The maximum Gasteiger partial charge on any atom is 0.185 e. The minimum Gasteiger partial charge on any atom is -0.394 e. The van der Waals surface area contributed by atoms with Crippen molar-refractivity contribution in [3.8, 4) is 44.5 Å². The molecule has 0 aliphatic carbocycles. The van der Waals surface area contributed by atoms with E-state index in [9.17, 15) is 40.9 Å². The minimum absolute atomic E-state index is 0.697. The third-order valence-corrected chi connectivity index (χ3v) is 13.7. The Balaban J connectivity index is 1.51. The second-order valence-corrected chi connectivity index (χ2v) is 19.4. The highest BCUT2D eigenvalue weighted by Gasteiger charge is 2.36. The molecule has 9 rings (SSSR count). The van der Waals surface area contributed by atoms with Gasteiger partial charge in [-0.05, 0) is 48.6 Å². The Kier molecular flexibility index (Phi) is 18.5. The number of rotatable bonds is 20. The Morgan fingerprint density at radius 1 is 0.284 bits per heavy atom. The Labute approximate surface area is 482 Å². The zero-order valence-corrected chi connectivity index (χ0v) is 44.1. The number of H-pyrrole nitrogens is 2. The molecular formula is C56H42F16N8O8. The minimum atomic E-state index is -2.32. The fraction of sp³-hybridized carbons (Fsp3) is 0.214. The molecule has 14 N–H and O–H groups in total. The number of aliphatic hydroxyl groups excluding tert-OH is 8. The van der Waals surface area contributed by atoms with Crippen molar-refractivity contribution in [2.45, 2.75) is 24.4 Å². The normalized spacial score (nSPS) is 13.5. The predicted molar refractivity (Wildman–Crippen MR) is 286 cm³/mol. The number of aliphatic hydroxyl groups is 8. The van der Waals surface area contributed by atoms with Gasteiger partial charge in [-0.2, -0.15) is 0 Å². The largest absolute Gasteiger partial charge is 0.394 e. The number of fused-ring (bicyclic) bond motifs is 8. The average Bonchev–Trinajstić information content (AvgIpc) is 1.68. The van der Waals surface area contributed by atoms with E-state index in [0.29, 0.717) is 24.3 Å². The highest BCUT2D eigenvalue weighted by molar-refractivity contribution is 6.01. The van der Waals surface area contributed by atoms with Gasteiger partial charge in [0.15, 0.2) is 93.1 Å². The zero-order valence-electron chi connectivity index (χ0n) is 44.1. The quantitative estimate of drug-likeness (QED) is 0.0252. The van der Waals surface area contributed by atoms with Crippen LogP contribution in [0.1, 0.15) is 22.8 Å². The summed E-state index contributed by atoms with van der Waals surface area (Å²) in [5, 5.41) is 84.0. The van der Waals surface area contributed by atoms with Crippen molar-refractivity contribution in [2.24, 2.45) is 0 Å². The molecule has 7 aromatic rings. The Bertz CT molecular complexity index is 3570. The van der Waals surface area contributed by atoms with Crippen LogP contribution in [0.2, 0.25) is 0 Å². The van der Waals surface area contributed by atoms with Gasteiger partial charge < -0.3 is 72.1 Å². The lowest BCUT2D eigenvalue weighted by Crippen LogP contribution is -2.24. The summed E-state index contributed by atoms with van der Waals surface area (Å²) in [6, 6.07) is 2.90. The lowest BCUT2D eigenvalue weighted by atomic mass is 10.0. The number of benzene rings is 4. The monoisotopic (exact) mass is 1260 g/mol. The van der Waals surface area contributed by atoms with E-state index < -0.39 is 282 Å². The maximum absolute atomic E-state index is 16.8. The van der Waals surface area contributed by atoms with Gasteiger partial charge in [-0.25, -0.2) is 80.2 Å². The SMILES string of the molecule is OC[C@@H](O)CNc1c(F)c(F)c(-c2c3nc(c(-c4c(F)c(F)c(NC[C@H](O)CO)c(F)c4F)c4ccc([nH]4)c(-c4c(F)c(F)c(NC[C@H](O)CO)c(F)c4F)c4nc(c(-c5c(F)c(F)c(NC[C@H](O)CO)c(F)c5F)c5ccc2[nH]5)C=C4)C=C3)c(F)c1F. The van der Waals surface area contributed by atoms with E-state index in [1.54, 1.807) is 0 Å². The van der Waals surface area contributed by atoms with Gasteiger partial charge in [0.2, 0.25) is 0 Å². The lowest BCUT2D eigenvalue weighted by molar-refractivity contribution is 0.105. The van der Waals surface area contributed by atoms with Gasteiger partial charge in [0, 0.05) is 70.5 Å². The van der Waals surface area contributed by atoms with E-state index in [1.165, 1.54) is 0 Å². The van der Waals surface area contributed by atoms with E-state index in [4.69, 9.17) is 0 Å². The second kappa shape index (κ2) is 25.5. The van der Waals surface area contributed by atoms with Gasteiger partial charge in [0.1, 0.15) is 22.7 Å². The van der Waals surface area contributed by atoms with Crippen molar-refractivity contribution < 1.29 is 111 Å². The highest BCUT2D eigenvalue weighted by atomic mass is 19.2. The first-order valence-corrected chi connectivity index (χ1v) is 25.5. The molecule has 4 aromatic carbocycles. The van der Waals surface area contributed by atoms with Crippen molar-refractivity contribution in [1.29, 1.82) is 0 Å². The summed E-state index contributed by atoms with van der Waals surface area (Å²) in [5.41, 5.74) is -25.3. The van der Waals surface area contributed by atoms with E-state index in [-0.39, 0.29) is 0 Å². The number of aromatic nitrogens is 4. The number of halogens is 16. The molecule has 0 saturated carbocycles. The van der Waals surface area contributed by atoms with Crippen LogP contribution in [-0.4, -0.2) is 138 Å². The van der Waals surface area contributed by atoms with E-state index in [0.717, 1.165) is 24.3 Å². The van der Waals surface area contributed by atoms with Crippen molar-refractivity contribution in [2.75, 3.05) is 73.9 Å². The number of hydrogen-bond donors (Lipinski definition) is 14. The fourth-order valence-corrected chi connectivity index (χ4v) is 9.42. The summed E-state index contributed by atoms with van der Waals surface area (Å²) >= 11 is 0. The summed E-state index contributed by atoms with van der Waals surface area (Å²) in [6.07, 6.45) is -4.35. The summed E-state index contributed by atoms with van der Waals surface area (Å²) in [6.45, 7) is -7.88. The molecule has 5 heterocycles. The first kappa shape index (κ1) is 63.7. The second-order valence-electron chi connectivity index (χ2n) is 19.4. The van der Waals surface area contributed by atoms with Gasteiger partial charge in [0.05, 0.1) is 95.9 Å². The molecule has 0 saturated heterocycles. The van der Waals surface area contributed by atoms with Crippen LogP contribution in [0.15, 0.2) is 24.3 Å². The first-order valence-electron chi connectivity index (χ1n) is 25.5. The number of aromatic amines is 2. The molecule has 8 bridgehead atoms. The van der Waals surface area contributed by atoms with Crippen molar-refractivity contribution >= 4 is 69.1 Å². The van der Waals surface area contributed by atoms with Crippen LogP contribution in [0, 0.1) is 93.1 Å². The molecule has 3 aromatic heterocycles. The molecule has 466 valence electrons. The van der Waals surface area contributed by atoms with Gasteiger partial charge in [-0.15, -0.1) is 0 Å². The first-order chi connectivity index (χ1) is 41.8. The summed E-state index contributed by atoms with van der Waals surface area (Å²) < 4.78 is 264. The number of anilines is 4. The zero-order chi connectivity index (χ0) is 64.1. The number of nitrogens with one attached hydrogen (secondary N) is 6. The smallest absolute Gasteiger partial charge is 0.185 e. The lowest BCUT2D eigenvalue weighted by Gasteiger charge is -2.16. The third kappa shape index (κ3) is 11.3. The van der Waals surface area contributed by atoms with Crippen LogP contribution in [0.5, 0.6) is 0 Å². The Hall–Kier alpha value is -8.76. The molecule has 0 unspecified atom stereocenters. The van der Waals surface area contributed by atoms with E-state index in [1.807, 2.05) is 21.3 Å². The van der Waals surface area contributed by atoms with Crippen molar-refractivity contribution in [3.05, 3.63) is 140 Å². The molecule has 2 aliphatic heterocycles. The number of hydrogen-bond acceptors (Lipinski definition) is 14. The summed E-state index contributed by atoms with van der Waals surface area (Å²) in [4.78, 5) is 13.2. The predicted octanol–water partition coefficient (Wildman–Crippen LogP) is 8.61. The van der Waals surface area contributed by atoms with Crippen LogP contribution in [-0.2, 0) is 0 Å². The Morgan fingerprint density at radius 3 is 0.614 bits per heavy atom. The fourth-order valence-electron chi connectivity index (χ4n) is 9.42. The highest BCUT2D eigenvalue weighted by Crippen LogP contribution is 2.46. The van der Waals surface area contributed by atoms with Gasteiger partial charge in [-0.1, -0.05) is 0 Å². The molecule has 4 atom stereocenters. The molecule has 0 spiro atoms. The van der Waals surface area contributed by atoms with Crippen LogP contribution in [0.3, 0.4) is 0 Å². The van der Waals surface area contributed by atoms with Crippen LogP contribution in [0.4, 0.5) is 93.0 Å². The van der Waals surface area contributed by atoms with Gasteiger partial charge >= 0.3 is 0 Å². The average molecular weight is 1260 g/mol. The van der Waals surface area contributed by atoms with Crippen LogP contribution < -0.4 is 21.3 Å². The van der Waals surface area contributed by atoms with Crippen molar-refractivity contribution in [3.63, 3.8) is 0 Å². The third-order valence-electron chi connectivity index (χ3n) is 13.7. The molecule has 0 radical (unpaired) electrons. The molecular weight excluding hydrogens is 1220 g/mol. The Morgan fingerprint density at radius 2 is 0.455 bits per heavy atom. The molecule has 16 nitrogen and oxygen atoms in total. The topological polar surface area (TPSA) is 267 Å². The summed E-state index contributed by atoms with van der Waals surface area (Å²) in [7, 11) is 0. The summed E-state index contributed by atoms with van der Waals surface area (Å²) in [5.74, 6) is -36.5. The van der Waals surface area contributed by atoms with Crippen molar-refractivity contribution in [1.82, 2.24) is 19.9 Å². The van der Waals surface area contributed by atoms with Crippen LogP contribution in [0.25, 0.3) is 90.9 Å². The van der Waals surface area contributed by atoms with Gasteiger partial charge in [0.25, 0.3) is 0 Å². The maximum atomic E-state index is 16.8. The van der Waals surface area contributed by atoms with E-state index in [2.05, 4.69) is 19.9 Å². The van der Waals surface area contributed by atoms with E-state index >= 15 is 70.2 Å². The number of nitrogens with zero attached hydrogens (tertiary/aromatic N) is 2. The molecule has 88 heavy (non-hydrogen) atoms. The molecule has 2 aliphatic rings. The van der Waals surface area contributed by atoms with Crippen LogP contribution >= 0.6 is 0 Å². The molecule has 32 heteroatoms. The van der Waals surface area contributed by atoms with Gasteiger partial charge in [-0.3, -0.25) is 0 Å².